The molecule has 0 aliphatic carbocycles. The van der Waals surface area contributed by atoms with Crippen molar-refractivity contribution < 1.29 is 22.6 Å². The van der Waals surface area contributed by atoms with Gasteiger partial charge in [0.15, 0.2) is 17.9 Å². The molecule has 1 aliphatic rings. The molecule has 0 radical (unpaired) electrons. The zero-order chi connectivity index (χ0) is 26.9. The molecule has 0 N–H and O–H groups in total. The van der Waals surface area contributed by atoms with Crippen LogP contribution < -0.4 is 0 Å². The molecule has 0 aromatic heterocycles. The summed E-state index contributed by atoms with van der Waals surface area (Å²) in [7, 11) is 0. The second kappa shape index (κ2) is 14.0. The lowest BCUT2D eigenvalue weighted by Crippen LogP contribution is -2.27. The zero-order valence-corrected chi connectivity index (χ0v) is 22.6. The Morgan fingerprint density at radius 2 is 1.34 bits per heavy atom. The van der Waals surface area contributed by atoms with E-state index in [1.165, 1.54) is 25.3 Å². The van der Waals surface area contributed by atoms with Crippen molar-refractivity contribution >= 4 is 0 Å². The molecule has 0 atom stereocenters. The lowest BCUT2D eigenvalue weighted by atomic mass is 9.97. The third-order valence-corrected chi connectivity index (χ3v) is 7.41. The van der Waals surface area contributed by atoms with Crippen LogP contribution in [-0.2, 0) is 15.9 Å². The van der Waals surface area contributed by atoms with Gasteiger partial charge in [-0.05, 0) is 47.6 Å². The Morgan fingerprint density at radius 1 is 0.684 bits per heavy atom. The first-order valence-corrected chi connectivity index (χ1v) is 14.1. The summed E-state index contributed by atoms with van der Waals surface area (Å²) in [4.78, 5) is 0. The van der Waals surface area contributed by atoms with Crippen LogP contribution in [0.25, 0.3) is 22.3 Å². The molecule has 2 nitrogen and oxygen atoms in total. The van der Waals surface area contributed by atoms with Gasteiger partial charge in [0.25, 0.3) is 0 Å². The molecule has 0 spiro atoms. The monoisotopic (exact) mass is 524 g/mol. The van der Waals surface area contributed by atoms with Gasteiger partial charge >= 0.3 is 0 Å². The molecule has 1 heterocycles. The minimum absolute atomic E-state index is 0.232. The molecular formula is C33H39F3O2. The number of aryl methyl sites for hydroxylation is 1. The van der Waals surface area contributed by atoms with Crippen LogP contribution in [0.15, 0.2) is 54.6 Å². The van der Waals surface area contributed by atoms with Gasteiger partial charge in [0, 0.05) is 17.0 Å². The molecule has 1 aliphatic heterocycles. The second-order valence-corrected chi connectivity index (χ2v) is 10.4. The van der Waals surface area contributed by atoms with E-state index in [0.717, 1.165) is 37.7 Å². The van der Waals surface area contributed by atoms with Crippen LogP contribution in [0.1, 0.15) is 82.6 Å². The molecule has 204 valence electrons. The third kappa shape index (κ3) is 7.06. The van der Waals surface area contributed by atoms with Gasteiger partial charge in [0.1, 0.15) is 5.82 Å². The maximum absolute atomic E-state index is 15.0. The van der Waals surface area contributed by atoms with Crippen LogP contribution in [-0.4, -0.2) is 13.2 Å². The van der Waals surface area contributed by atoms with E-state index in [1.54, 1.807) is 42.5 Å². The third-order valence-electron chi connectivity index (χ3n) is 7.41. The fraction of sp³-hybridized carbons (Fsp3) is 0.455. The molecule has 0 saturated carbocycles. The predicted octanol–water partition coefficient (Wildman–Crippen LogP) is 9.80. The number of hydrogen-bond donors (Lipinski definition) is 0. The summed E-state index contributed by atoms with van der Waals surface area (Å²) in [6.45, 7) is 5.44. The van der Waals surface area contributed by atoms with Crippen molar-refractivity contribution in [2.24, 2.45) is 5.92 Å². The summed E-state index contributed by atoms with van der Waals surface area (Å²) in [6.07, 6.45) is 8.59. The van der Waals surface area contributed by atoms with Crippen molar-refractivity contribution in [3.63, 3.8) is 0 Å². The largest absolute Gasteiger partial charge is 0.348 e. The number of halogens is 3. The molecule has 0 bridgehead atoms. The summed E-state index contributed by atoms with van der Waals surface area (Å²) >= 11 is 0. The van der Waals surface area contributed by atoms with Crippen molar-refractivity contribution in [1.82, 2.24) is 0 Å². The smallest absolute Gasteiger partial charge is 0.186 e. The van der Waals surface area contributed by atoms with E-state index in [4.69, 9.17) is 9.47 Å². The van der Waals surface area contributed by atoms with Crippen molar-refractivity contribution in [3.8, 4) is 22.3 Å². The Morgan fingerprint density at radius 3 is 2.03 bits per heavy atom. The fourth-order valence-corrected chi connectivity index (χ4v) is 5.14. The zero-order valence-electron chi connectivity index (χ0n) is 22.6. The van der Waals surface area contributed by atoms with Gasteiger partial charge in [0.2, 0.25) is 0 Å². The summed E-state index contributed by atoms with van der Waals surface area (Å²) in [5.41, 5.74) is 3.11. The molecule has 3 aromatic carbocycles. The number of unbranched alkanes of at least 4 members (excludes halogenated alkanes) is 5. The van der Waals surface area contributed by atoms with Crippen molar-refractivity contribution in [3.05, 3.63) is 83.2 Å². The minimum atomic E-state index is -0.815. The maximum atomic E-state index is 15.0. The summed E-state index contributed by atoms with van der Waals surface area (Å²) < 4.78 is 56.2. The van der Waals surface area contributed by atoms with E-state index in [1.807, 2.05) is 6.07 Å². The van der Waals surface area contributed by atoms with E-state index in [-0.39, 0.29) is 11.4 Å². The number of hydrogen-bond acceptors (Lipinski definition) is 2. The van der Waals surface area contributed by atoms with Gasteiger partial charge in [-0.15, -0.1) is 0 Å². The average molecular weight is 525 g/mol. The quantitative estimate of drug-likeness (QED) is 0.220. The second-order valence-electron chi connectivity index (χ2n) is 10.4. The van der Waals surface area contributed by atoms with Crippen LogP contribution >= 0.6 is 0 Å². The Bertz CT molecular complexity index is 1170. The predicted molar refractivity (Wildman–Crippen MR) is 147 cm³/mol. The molecule has 4 rings (SSSR count). The molecule has 5 heteroatoms. The van der Waals surface area contributed by atoms with E-state index >= 15 is 0 Å². The highest BCUT2D eigenvalue weighted by atomic mass is 19.2. The van der Waals surface area contributed by atoms with Crippen molar-refractivity contribution in [2.45, 2.75) is 77.9 Å². The first kappa shape index (κ1) is 28.4. The van der Waals surface area contributed by atoms with E-state index < -0.39 is 17.9 Å². The molecule has 38 heavy (non-hydrogen) atoms. The van der Waals surface area contributed by atoms with E-state index in [2.05, 4.69) is 13.8 Å². The molecular weight excluding hydrogens is 485 g/mol. The van der Waals surface area contributed by atoms with Crippen LogP contribution in [0.5, 0.6) is 0 Å². The summed E-state index contributed by atoms with van der Waals surface area (Å²) in [5.74, 6) is -1.61. The molecule has 1 fully saturated rings. The van der Waals surface area contributed by atoms with Gasteiger partial charge in [-0.25, -0.2) is 13.2 Å². The number of benzene rings is 3. The lowest BCUT2D eigenvalue weighted by Gasteiger charge is -2.29. The van der Waals surface area contributed by atoms with Gasteiger partial charge in [0.05, 0.1) is 13.2 Å². The lowest BCUT2D eigenvalue weighted by molar-refractivity contribution is -0.207. The Labute approximate surface area is 225 Å². The Kier molecular flexibility index (Phi) is 10.4. The summed E-state index contributed by atoms with van der Waals surface area (Å²) in [6, 6.07) is 15.4. The van der Waals surface area contributed by atoms with Gasteiger partial charge < -0.3 is 9.47 Å². The Hall–Kier alpha value is -2.63. The molecule has 0 unspecified atom stereocenters. The number of rotatable bonds is 12. The van der Waals surface area contributed by atoms with Crippen LogP contribution in [0.3, 0.4) is 0 Å². The average Bonchev–Trinajstić information content (AvgIpc) is 2.94. The highest BCUT2D eigenvalue weighted by molar-refractivity contribution is 5.71. The van der Waals surface area contributed by atoms with Crippen LogP contribution in [0.2, 0.25) is 0 Å². The molecule has 1 saturated heterocycles. The van der Waals surface area contributed by atoms with Crippen LogP contribution in [0.4, 0.5) is 13.2 Å². The maximum Gasteiger partial charge on any atom is 0.186 e. The SMILES string of the molecule is CCCCCCCCc1ccc(-c2ccc(-c3ccc(C4OCC(CCC)CO4)c(F)c3)cc2)c(F)c1F. The normalized spacial score (nSPS) is 17.6. The Balaban J connectivity index is 1.40. The van der Waals surface area contributed by atoms with Crippen LogP contribution in [0, 0.1) is 23.4 Å². The van der Waals surface area contributed by atoms with E-state index in [9.17, 15) is 13.2 Å². The van der Waals surface area contributed by atoms with Gasteiger partial charge in [-0.3, -0.25) is 0 Å². The van der Waals surface area contributed by atoms with Crippen molar-refractivity contribution in [2.75, 3.05) is 13.2 Å². The van der Waals surface area contributed by atoms with Gasteiger partial charge in [-0.1, -0.05) is 101 Å². The minimum Gasteiger partial charge on any atom is -0.348 e. The standard InChI is InChI=1S/C33H39F3O2/c1-3-5-6-7-8-9-11-26-16-18-28(32(36)31(26)35)25-14-12-24(13-15-25)27-17-19-29(30(34)20-27)33-37-21-23(10-4-2)22-38-33/h12-20,23,33H,3-11,21-22H2,1-2H3. The first-order chi connectivity index (χ1) is 18.5. The number of ether oxygens (including phenoxy) is 2. The van der Waals surface area contributed by atoms with Gasteiger partial charge in [-0.2, -0.15) is 0 Å². The first-order valence-electron chi connectivity index (χ1n) is 14.1. The molecule has 0 amide bonds. The fourth-order valence-electron chi connectivity index (χ4n) is 5.14. The van der Waals surface area contributed by atoms with Crippen molar-refractivity contribution in [1.29, 1.82) is 0 Å². The molecule has 3 aromatic rings. The topological polar surface area (TPSA) is 18.5 Å². The highest BCUT2D eigenvalue weighted by Gasteiger charge is 2.25. The highest BCUT2D eigenvalue weighted by Crippen LogP contribution is 2.33. The van der Waals surface area contributed by atoms with E-state index in [0.29, 0.717) is 47.8 Å². The summed E-state index contributed by atoms with van der Waals surface area (Å²) in [5, 5.41) is 0.